The molecular formula is C15H27NO2Si. The normalized spacial score (nSPS) is 11.7. The molecule has 2 N–H and O–H groups in total. The zero-order valence-electron chi connectivity index (χ0n) is 12.2. The molecule has 0 aromatic heterocycles. The maximum Gasteiger partial charge on any atom is 0.386 e. The van der Waals surface area contributed by atoms with Crippen LogP contribution in [0.3, 0.4) is 0 Å². The van der Waals surface area contributed by atoms with Crippen LogP contribution in [0.4, 0.5) is 0 Å². The van der Waals surface area contributed by atoms with E-state index in [1.165, 1.54) is 0 Å². The summed E-state index contributed by atoms with van der Waals surface area (Å²) in [5, 5.41) is 1.14. The topological polar surface area (TPSA) is 44.5 Å². The van der Waals surface area contributed by atoms with E-state index in [4.69, 9.17) is 14.6 Å². The number of rotatable bonds is 10. The Morgan fingerprint density at radius 2 is 1.47 bits per heavy atom. The van der Waals surface area contributed by atoms with Gasteiger partial charge in [0.1, 0.15) is 0 Å². The van der Waals surface area contributed by atoms with Crippen LogP contribution in [0.5, 0.6) is 0 Å². The van der Waals surface area contributed by atoms with E-state index >= 15 is 0 Å². The largest absolute Gasteiger partial charge is 0.390 e. The fourth-order valence-corrected chi connectivity index (χ4v) is 4.44. The van der Waals surface area contributed by atoms with Crippen molar-refractivity contribution in [2.24, 2.45) is 5.73 Å². The number of hydrogen-bond donors (Lipinski definition) is 1. The predicted molar refractivity (Wildman–Crippen MR) is 82.6 cm³/mol. The van der Waals surface area contributed by atoms with Crippen LogP contribution >= 0.6 is 0 Å². The van der Waals surface area contributed by atoms with E-state index in [0.717, 1.165) is 44.1 Å². The standard InChI is InChI=1S/C15H27NO2Si/c1-3-5-12-17-19(14-16,18-13-6-4-2)15-10-8-7-9-11-15/h7-11H,3-6,12-14,16H2,1-2H3. The molecule has 0 aliphatic heterocycles. The van der Waals surface area contributed by atoms with E-state index in [9.17, 15) is 0 Å². The highest BCUT2D eigenvalue weighted by Crippen LogP contribution is 2.09. The quantitative estimate of drug-likeness (QED) is 0.529. The summed E-state index contributed by atoms with van der Waals surface area (Å²) in [6.45, 7) is 5.80. The molecule has 1 aromatic rings. The van der Waals surface area contributed by atoms with Gasteiger partial charge >= 0.3 is 8.56 Å². The first-order chi connectivity index (χ1) is 9.29. The molecule has 0 aliphatic carbocycles. The van der Waals surface area contributed by atoms with Gasteiger partial charge in [-0.25, -0.2) is 0 Å². The molecule has 1 aromatic carbocycles. The van der Waals surface area contributed by atoms with Crippen LogP contribution in [0.25, 0.3) is 0 Å². The molecule has 0 aliphatic rings. The number of unbranched alkanes of at least 4 members (excludes halogenated alkanes) is 2. The molecule has 0 saturated carbocycles. The molecule has 4 heteroatoms. The van der Waals surface area contributed by atoms with Crippen molar-refractivity contribution < 1.29 is 8.85 Å². The minimum absolute atomic E-state index is 0.477. The van der Waals surface area contributed by atoms with E-state index in [1.807, 2.05) is 18.2 Å². The molecule has 0 atom stereocenters. The van der Waals surface area contributed by atoms with Crippen molar-refractivity contribution in [2.75, 3.05) is 19.4 Å². The first-order valence-electron chi connectivity index (χ1n) is 7.32. The second-order valence-corrected chi connectivity index (χ2v) is 7.80. The second-order valence-electron chi connectivity index (χ2n) is 4.73. The summed E-state index contributed by atoms with van der Waals surface area (Å²) in [6.07, 6.45) is 4.83. The first-order valence-corrected chi connectivity index (χ1v) is 9.35. The van der Waals surface area contributed by atoms with Crippen molar-refractivity contribution in [2.45, 2.75) is 39.5 Å². The Labute approximate surface area is 118 Å². The average Bonchev–Trinajstić information content (AvgIpc) is 2.47. The van der Waals surface area contributed by atoms with Crippen LogP contribution in [0.2, 0.25) is 0 Å². The zero-order valence-corrected chi connectivity index (χ0v) is 13.2. The zero-order chi connectivity index (χ0) is 14.0. The second kappa shape index (κ2) is 9.26. The van der Waals surface area contributed by atoms with Crippen LogP contribution in [0, 0.1) is 0 Å². The predicted octanol–water partition coefficient (Wildman–Crippen LogP) is 2.47. The maximum atomic E-state index is 6.14. The van der Waals surface area contributed by atoms with E-state index in [2.05, 4.69) is 26.0 Å². The van der Waals surface area contributed by atoms with Crippen LogP contribution < -0.4 is 10.9 Å². The molecule has 0 radical (unpaired) electrons. The Balaban J connectivity index is 2.79. The molecule has 0 fully saturated rings. The van der Waals surface area contributed by atoms with Crippen LogP contribution in [-0.2, 0) is 8.85 Å². The van der Waals surface area contributed by atoms with Gasteiger partial charge in [0.2, 0.25) is 0 Å². The molecular weight excluding hydrogens is 254 g/mol. The summed E-state index contributed by atoms with van der Waals surface area (Å²) >= 11 is 0. The first kappa shape index (κ1) is 16.4. The smallest absolute Gasteiger partial charge is 0.386 e. The Kier molecular flexibility index (Phi) is 7.98. The van der Waals surface area contributed by atoms with E-state index < -0.39 is 8.56 Å². The fraction of sp³-hybridized carbons (Fsp3) is 0.600. The summed E-state index contributed by atoms with van der Waals surface area (Å²) in [7, 11) is -2.44. The summed E-state index contributed by atoms with van der Waals surface area (Å²) in [5.74, 6) is 0. The summed E-state index contributed by atoms with van der Waals surface area (Å²) in [4.78, 5) is 0. The van der Waals surface area contributed by atoms with Crippen molar-refractivity contribution in [3.05, 3.63) is 30.3 Å². The molecule has 0 amide bonds. The fourth-order valence-electron chi connectivity index (χ4n) is 1.90. The minimum Gasteiger partial charge on any atom is -0.390 e. The van der Waals surface area contributed by atoms with Crippen molar-refractivity contribution in [1.82, 2.24) is 0 Å². The van der Waals surface area contributed by atoms with E-state index in [0.29, 0.717) is 6.17 Å². The number of hydrogen-bond acceptors (Lipinski definition) is 3. The number of benzene rings is 1. The Hall–Kier alpha value is -0.683. The molecule has 0 bridgehead atoms. The molecule has 19 heavy (non-hydrogen) atoms. The highest BCUT2D eigenvalue weighted by atomic mass is 28.4. The average molecular weight is 281 g/mol. The van der Waals surface area contributed by atoms with Gasteiger partial charge in [-0.05, 0) is 18.0 Å². The van der Waals surface area contributed by atoms with Crippen LogP contribution in [0.1, 0.15) is 39.5 Å². The lowest BCUT2D eigenvalue weighted by atomic mass is 10.4. The van der Waals surface area contributed by atoms with Gasteiger partial charge in [0, 0.05) is 19.4 Å². The molecule has 108 valence electrons. The summed E-state index contributed by atoms with van der Waals surface area (Å²) in [5.41, 5.74) is 6.02. The van der Waals surface area contributed by atoms with Gasteiger partial charge in [-0.3, -0.25) is 0 Å². The van der Waals surface area contributed by atoms with Gasteiger partial charge in [0.05, 0.1) is 0 Å². The molecule has 0 saturated heterocycles. The lowest BCUT2D eigenvalue weighted by Crippen LogP contribution is -2.60. The number of nitrogens with two attached hydrogens (primary N) is 1. The molecule has 3 nitrogen and oxygen atoms in total. The molecule has 0 heterocycles. The SMILES string of the molecule is CCCCO[Si](CN)(OCCCC)c1ccccc1. The highest BCUT2D eigenvalue weighted by molar-refractivity contribution is 6.81. The van der Waals surface area contributed by atoms with Gasteiger partial charge in [-0.1, -0.05) is 57.0 Å². The summed E-state index contributed by atoms with van der Waals surface area (Å²) in [6, 6.07) is 10.2. The van der Waals surface area contributed by atoms with Gasteiger partial charge < -0.3 is 14.6 Å². The van der Waals surface area contributed by atoms with Gasteiger partial charge in [-0.15, -0.1) is 0 Å². The Bertz CT molecular complexity index is 322. The van der Waals surface area contributed by atoms with E-state index in [1.54, 1.807) is 0 Å². The Morgan fingerprint density at radius 3 is 1.89 bits per heavy atom. The molecule has 0 spiro atoms. The Morgan fingerprint density at radius 1 is 0.947 bits per heavy atom. The van der Waals surface area contributed by atoms with E-state index in [-0.39, 0.29) is 0 Å². The maximum absolute atomic E-state index is 6.14. The molecule has 1 rings (SSSR count). The van der Waals surface area contributed by atoms with Crippen LogP contribution in [0.15, 0.2) is 30.3 Å². The van der Waals surface area contributed by atoms with Gasteiger partial charge in [0.15, 0.2) is 0 Å². The summed E-state index contributed by atoms with van der Waals surface area (Å²) < 4.78 is 12.3. The monoisotopic (exact) mass is 281 g/mol. The lowest BCUT2D eigenvalue weighted by molar-refractivity contribution is 0.176. The van der Waals surface area contributed by atoms with Crippen molar-refractivity contribution >= 4 is 13.7 Å². The van der Waals surface area contributed by atoms with Crippen molar-refractivity contribution in [1.29, 1.82) is 0 Å². The van der Waals surface area contributed by atoms with Gasteiger partial charge in [0.25, 0.3) is 0 Å². The minimum atomic E-state index is -2.44. The highest BCUT2D eigenvalue weighted by Gasteiger charge is 2.38. The third-order valence-corrected chi connectivity index (χ3v) is 6.24. The van der Waals surface area contributed by atoms with Crippen molar-refractivity contribution in [3.63, 3.8) is 0 Å². The molecule has 0 unspecified atom stereocenters. The van der Waals surface area contributed by atoms with Gasteiger partial charge in [-0.2, -0.15) is 0 Å². The van der Waals surface area contributed by atoms with Crippen molar-refractivity contribution in [3.8, 4) is 0 Å². The third kappa shape index (κ3) is 5.07. The van der Waals surface area contributed by atoms with Crippen LogP contribution in [-0.4, -0.2) is 27.9 Å². The lowest BCUT2D eigenvalue weighted by Gasteiger charge is -2.30. The third-order valence-electron chi connectivity index (χ3n) is 3.15.